The van der Waals surface area contributed by atoms with Crippen molar-refractivity contribution in [1.29, 1.82) is 0 Å². The molecule has 0 radical (unpaired) electrons. The van der Waals surface area contributed by atoms with Crippen molar-refractivity contribution in [3.8, 4) is 17.5 Å². The monoisotopic (exact) mass is 490 g/mol. The number of piperazine rings is 1. The van der Waals surface area contributed by atoms with Gasteiger partial charge in [0.2, 0.25) is 5.91 Å². The highest BCUT2D eigenvalue weighted by atomic mass is 19.1. The molecule has 1 aliphatic heterocycles. The lowest BCUT2D eigenvalue weighted by molar-refractivity contribution is -0.130. The second-order valence-electron chi connectivity index (χ2n) is 8.86. The quantitative estimate of drug-likeness (QED) is 0.355. The molecular formula is C29H23FN6O. The second kappa shape index (κ2) is 9.36. The third-order valence-corrected chi connectivity index (χ3v) is 6.64. The van der Waals surface area contributed by atoms with Gasteiger partial charge in [-0.2, -0.15) is 0 Å². The number of pyridine rings is 2. The minimum Gasteiger partial charge on any atom is -0.358 e. The van der Waals surface area contributed by atoms with E-state index in [9.17, 15) is 4.79 Å². The lowest BCUT2D eigenvalue weighted by Gasteiger charge is -2.35. The van der Waals surface area contributed by atoms with Gasteiger partial charge in [0.1, 0.15) is 17.7 Å². The van der Waals surface area contributed by atoms with Gasteiger partial charge in [0.25, 0.3) is 0 Å². The Labute approximate surface area is 213 Å². The summed E-state index contributed by atoms with van der Waals surface area (Å²) in [6.45, 7) is 3.99. The normalized spacial score (nSPS) is 13.7. The number of likely N-dealkylation sites (N-methyl/N-ethyl adjacent to an activating group) is 1. The second-order valence-corrected chi connectivity index (χ2v) is 8.86. The number of rotatable bonds is 3. The van der Waals surface area contributed by atoms with Gasteiger partial charge in [0, 0.05) is 54.6 Å². The Bertz CT molecular complexity index is 1700. The molecule has 1 amide bonds. The van der Waals surface area contributed by atoms with Crippen molar-refractivity contribution in [3.05, 3.63) is 90.4 Å². The molecule has 6 rings (SSSR count). The van der Waals surface area contributed by atoms with Crippen LogP contribution >= 0.6 is 0 Å². The smallest absolute Gasteiger partial charge is 0.242 e. The molecule has 37 heavy (non-hydrogen) atoms. The van der Waals surface area contributed by atoms with E-state index in [0.29, 0.717) is 36.5 Å². The minimum atomic E-state index is -0.376. The first kappa shape index (κ1) is 22.7. The van der Waals surface area contributed by atoms with Crippen molar-refractivity contribution in [2.75, 3.05) is 31.1 Å². The number of benzene rings is 2. The summed E-state index contributed by atoms with van der Waals surface area (Å²) in [5.74, 6) is 5.96. The first-order chi connectivity index (χ1) is 18.1. The van der Waals surface area contributed by atoms with Gasteiger partial charge in [-0.1, -0.05) is 11.8 Å². The highest BCUT2D eigenvalue weighted by molar-refractivity contribution is 6.03. The number of amides is 1. The Morgan fingerprint density at radius 2 is 1.86 bits per heavy atom. The van der Waals surface area contributed by atoms with Crippen LogP contribution in [-0.4, -0.2) is 56.5 Å². The molecule has 8 heteroatoms. The number of hydrogen-bond acceptors (Lipinski definition) is 5. The molecule has 0 bridgehead atoms. The van der Waals surface area contributed by atoms with Gasteiger partial charge in [0.05, 0.1) is 35.1 Å². The molecular weight excluding hydrogens is 467 g/mol. The Balaban J connectivity index is 1.38. The summed E-state index contributed by atoms with van der Waals surface area (Å²) < 4.78 is 17.2. The molecule has 1 saturated heterocycles. The van der Waals surface area contributed by atoms with Gasteiger partial charge < -0.3 is 9.80 Å². The molecule has 0 aliphatic carbocycles. The van der Waals surface area contributed by atoms with Crippen LogP contribution in [0.1, 0.15) is 18.1 Å². The van der Waals surface area contributed by atoms with Crippen molar-refractivity contribution >= 4 is 33.5 Å². The predicted octanol–water partition coefficient (Wildman–Crippen LogP) is 4.18. The number of hydrogen-bond donors (Lipinski definition) is 0. The van der Waals surface area contributed by atoms with Gasteiger partial charge >= 0.3 is 0 Å². The molecule has 0 atom stereocenters. The van der Waals surface area contributed by atoms with Crippen LogP contribution in [0, 0.1) is 17.7 Å². The average molecular weight is 491 g/mol. The predicted molar refractivity (Wildman–Crippen MR) is 141 cm³/mol. The molecule has 0 unspecified atom stereocenters. The summed E-state index contributed by atoms with van der Waals surface area (Å²) in [6, 6.07) is 14.7. The van der Waals surface area contributed by atoms with E-state index in [0.717, 1.165) is 27.5 Å². The van der Waals surface area contributed by atoms with E-state index < -0.39 is 0 Å². The number of anilines is 1. The van der Waals surface area contributed by atoms with Crippen LogP contribution in [0.2, 0.25) is 0 Å². The number of imidazole rings is 1. The van der Waals surface area contributed by atoms with Gasteiger partial charge in [-0.3, -0.25) is 19.3 Å². The number of halogens is 1. The van der Waals surface area contributed by atoms with Crippen LogP contribution in [0.15, 0.2) is 73.4 Å². The summed E-state index contributed by atoms with van der Waals surface area (Å²) in [5.41, 5.74) is 5.06. The van der Waals surface area contributed by atoms with Crippen molar-refractivity contribution in [3.63, 3.8) is 0 Å². The molecule has 0 saturated carbocycles. The first-order valence-electron chi connectivity index (χ1n) is 12.1. The molecule has 7 nitrogen and oxygen atoms in total. The highest BCUT2D eigenvalue weighted by Crippen LogP contribution is 2.29. The first-order valence-corrected chi connectivity index (χ1v) is 12.1. The maximum atomic E-state index is 15.3. The fourth-order valence-corrected chi connectivity index (χ4v) is 4.70. The minimum absolute atomic E-state index is 0.0132. The number of carbonyl (C=O) groups excluding carboxylic acids is 1. The number of nitrogens with zero attached hydrogens (tertiary/aromatic N) is 6. The standard InChI is InChI=1S/C29H23FN6O/c1-2-34-12-13-35(18-28(34)37)27-10-8-22(15-24(27)30)36-19-33-26-17-32-25-9-7-20(14-23(25)29(26)36)5-6-21-4-3-11-31-16-21/h3-4,7-11,14-17,19H,2,12-13,18H2,1H3. The maximum absolute atomic E-state index is 15.3. The fourth-order valence-electron chi connectivity index (χ4n) is 4.70. The Morgan fingerprint density at radius 1 is 0.973 bits per heavy atom. The fraction of sp³-hybridized carbons (Fsp3) is 0.172. The van der Waals surface area contributed by atoms with E-state index in [1.54, 1.807) is 40.8 Å². The zero-order valence-corrected chi connectivity index (χ0v) is 20.2. The summed E-state index contributed by atoms with van der Waals surface area (Å²) in [5, 5.41) is 0.874. The molecule has 2 aromatic carbocycles. The Morgan fingerprint density at radius 3 is 2.65 bits per heavy atom. The third kappa shape index (κ3) is 4.25. The molecule has 5 aromatic rings. The van der Waals surface area contributed by atoms with E-state index in [4.69, 9.17) is 0 Å². The van der Waals surface area contributed by atoms with E-state index in [1.807, 2.05) is 47.9 Å². The van der Waals surface area contributed by atoms with Gasteiger partial charge in [-0.25, -0.2) is 9.37 Å². The molecule has 182 valence electrons. The number of carbonyl (C=O) groups is 1. The van der Waals surface area contributed by atoms with E-state index in [1.165, 1.54) is 6.07 Å². The SMILES string of the molecule is CCN1CCN(c2ccc(-n3cnc4cnc5ccc(C#Cc6cccnc6)cc5c43)cc2F)CC1=O. The van der Waals surface area contributed by atoms with Crippen molar-refractivity contribution < 1.29 is 9.18 Å². The average Bonchev–Trinajstić information content (AvgIpc) is 3.37. The summed E-state index contributed by atoms with van der Waals surface area (Å²) in [6.07, 6.45) is 6.84. The van der Waals surface area contributed by atoms with E-state index >= 15 is 4.39 Å². The van der Waals surface area contributed by atoms with Crippen LogP contribution in [0.25, 0.3) is 27.6 Å². The zero-order chi connectivity index (χ0) is 25.4. The summed E-state index contributed by atoms with van der Waals surface area (Å²) in [4.78, 5) is 29.1. The summed E-state index contributed by atoms with van der Waals surface area (Å²) in [7, 11) is 0. The van der Waals surface area contributed by atoms with E-state index in [-0.39, 0.29) is 18.3 Å². The van der Waals surface area contributed by atoms with Crippen molar-refractivity contribution in [1.82, 2.24) is 24.4 Å². The number of aromatic nitrogens is 4. The van der Waals surface area contributed by atoms with Crippen LogP contribution in [0.4, 0.5) is 10.1 Å². The number of fused-ring (bicyclic) bond motifs is 3. The van der Waals surface area contributed by atoms with Crippen molar-refractivity contribution in [2.24, 2.45) is 0 Å². The van der Waals surface area contributed by atoms with Crippen LogP contribution in [0.5, 0.6) is 0 Å². The third-order valence-electron chi connectivity index (χ3n) is 6.64. The van der Waals surface area contributed by atoms with Gasteiger partial charge in [0.15, 0.2) is 0 Å². The largest absolute Gasteiger partial charge is 0.358 e. The lowest BCUT2D eigenvalue weighted by atomic mass is 10.1. The highest BCUT2D eigenvalue weighted by Gasteiger charge is 2.25. The molecule has 4 heterocycles. The Hall–Kier alpha value is -4.77. The molecule has 0 N–H and O–H groups in total. The van der Waals surface area contributed by atoms with Gasteiger partial charge in [-0.05, 0) is 49.4 Å². The van der Waals surface area contributed by atoms with Crippen molar-refractivity contribution in [2.45, 2.75) is 6.92 Å². The van der Waals surface area contributed by atoms with Crippen LogP contribution in [0.3, 0.4) is 0 Å². The Kier molecular flexibility index (Phi) is 5.73. The van der Waals surface area contributed by atoms with Crippen LogP contribution < -0.4 is 4.90 Å². The topological polar surface area (TPSA) is 67.2 Å². The lowest BCUT2D eigenvalue weighted by Crippen LogP contribution is -2.50. The van der Waals surface area contributed by atoms with Gasteiger partial charge in [-0.15, -0.1) is 0 Å². The zero-order valence-electron chi connectivity index (χ0n) is 20.2. The molecule has 1 aliphatic rings. The molecule has 1 fully saturated rings. The van der Waals surface area contributed by atoms with Crippen LogP contribution in [-0.2, 0) is 4.79 Å². The summed E-state index contributed by atoms with van der Waals surface area (Å²) >= 11 is 0. The molecule has 3 aromatic heterocycles. The van der Waals surface area contributed by atoms with E-state index in [2.05, 4.69) is 26.8 Å². The maximum Gasteiger partial charge on any atom is 0.242 e. The molecule has 0 spiro atoms.